The molecule has 2 heterocycles. The summed E-state index contributed by atoms with van der Waals surface area (Å²) >= 11 is 6.06. The van der Waals surface area contributed by atoms with Gasteiger partial charge in [0.2, 0.25) is 11.8 Å². The minimum Gasteiger partial charge on any atom is -0.490 e. The Balaban J connectivity index is 1.78. The molecule has 1 saturated heterocycles. The first-order valence-electron chi connectivity index (χ1n) is 9.43. The number of nitrogens with zero attached hydrogens (tertiary/aromatic N) is 2. The van der Waals surface area contributed by atoms with Gasteiger partial charge in [0.15, 0.2) is 0 Å². The zero-order valence-corrected chi connectivity index (χ0v) is 17.6. The summed E-state index contributed by atoms with van der Waals surface area (Å²) in [5.41, 5.74) is 5.52. The molecule has 1 atom stereocenters. The van der Waals surface area contributed by atoms with Crippen molar-refractivity contribution in [3.05, 3.63) is 52.7 Å². The van der Waals surface area contributed by atoms with Gasteiger partial charge in [-0.15, -0.1) is 0 Å². The minimum absolute atomic E-state index is 0.0479. The van der Waals surface area contributed by atoms with Crippen molar-refractivity contribution in [3.63, 3.8) is 0 Å². The Morgan fingerprint density at radius 2 is 2.13 bits per heavy atom. The summed E-state index contributed by atoms with van der Waals surface area (Å²) in [6.45, 7) is 2.66. The number of nitrogens with two attached hydrogens (primary N) is 1. The molecule has 2 N–H and O–H groups in total. The van der Waals surface area contributed by atoms with Crippen LogP contribution in [-0.4, -0.2) is 60.7 Å². The molecule has 3 rings (SSSR count). The van der Waals surface area contributed by atoms with Crippen molar-refractivity contribution in [2.24, 2.45) is 5.73 Å². The molecule has 160 valence electrons. The van der Waals surface area contributed by atoms with Gasteiger partial charge >= 0.3 is 0 Å². The number of amides is 2. The van der Waals surface area contributed by atoms with E-state index in [9.17, 15) is 9.59 Å². The summed E-state index contributed by atoms with van der Waals surface area (Å²) in [6.07, 6.45) is -0.0884. The van der Waals surface area contributed by atoms with Crippen molar-refractivity contribution in [1.29, 1.82) is 0 Å². The normalized spacial score (nSPS) is 18.7. The molecule has 0 radical (unpaired) electrons. The highest BCUT2D eigenvalue weighted by Crippen LogP contribution is 2.27. The predicted octanol–water partition coefficient (Wildman–Crippen LogP) is 2.22. The predicted molar refractivity (Wildman–Crippen MR) is 111 cm³/mol. The fraction of sp³-hybridized carbons (Fsp3) is 0.381. The van der Waals surface area contributed by atoms with E-state index in [-0.39, 0.29) is 37.8 Å². The second kappa shape index (κ2) is 9.32. The maximum absolute atomic E-state index is 13.0. The van der Waals surface area contributed by atoms with Gasteiger partial charge in [0, 0.05) is 17.6 Å². The molecule has 1 aromatic carbocycles. The molecular formula is C21H24ClN3O5. The number of ether oxygens (including phenoxy) is 3. The monoisotopic (exact) mass is 433 g/mol. The standard InChI is InChI=1S/C21H24ClN3O5/c1-14-10-15(6-7-16(14)22)29-13-21(11-18(23)26)12-25(8-9-30-21)20(27)17-4-3-5-19(24-17)28-2/h3-7,10H,8-9,11-13H2,1-2H3,(H2,23,26)/t21-/m0/s1. The van der Waals surface area contributed by atoms with Crippen molar-refractivity contribution in [2.45, 2.75) is 18.9 Å². The SMILES string of the molecule is COc1cccc(C(=O)N2CCO[C@@](COc3ccc(Cl)c(C)c3)(CC(N)=O)C2)n1. The van der Waals surface area contributed by atoms with Crippen molar-refractivity contribution in [1.82, 2.24) is 9.88 Å². The Morgan fingerprint density at radius 1 is 1.33 bits per heavy atom. The molecule has 0 bridgehead atoms. The van der Waals surface area contributed by atoms with Crippen LogP contribution in [0.15, 0.2) is 36.4 Å². The van der Waals surface area contributed by atoms with Crippen LogP contribution in [0.3, 0.4) is 0 Å². The van der Waals surface area contributed by atoms with Gasteiger partial charge in [-0.1, -0.05) is 17.7 Å². The lowest BCUT2D eigenvalue weighted by molar-refractivity contribution is -0.142. The summed E-state index contributed by atoms with van der Waals surface area (Å²) in [6, 6.07) is 10.2. The lowest BCUT2D eigenvalue weighted by atomic mass is 9.97. The molecule has 2 aromatic rings. The van der Waals surface area contributed by atoms with Crippen LogP contribution in [0.4, 0.5) is 0 Å². The van der Waals surface area contributed by atoms with E-state index >= 15 is 0 Å². The average molecular weight is 434 g/mol. The number of hydrogen-bond donors (Lipinski definition) is 1. The number of hydrogen-bond acceptors (Lipinski definition) is 6. The zero-order chi connectivity index (χ0) is 21.7. The quantitative estimate of drug-likeness (QED) is 0.718. The molecule has 1 aromatic heterocycles. The molecule has 9 heteroatoms. The molecule has 0 saturated carbocycles. The van der Waals surface area contributed by atoms with Crippen LogP contribution in [0.2, 0.25) is 5.02 Å². The van der Waals surface area contributed by atoms with Gasteiger partial charge in [0.1, 0.15) is 23.7 Å². The Hall–Kier alpha value is -2.84. The van der Waals surface area contributed by atoms with Gasteiger partial charge in [-0.2, -0.15) is 0 Å². The number of primary amides is 1. The first-order valence-corrected chi connectivity index (χ1v) is 9.81. The lowest BCUT2D eigenvalue weighted by Gasteiger charge is -2.41. The maximum atomic E-state index is 13.0. The van der Waals surface area contributed by atoms with E-state index in [0.717, 1.165) is 5.56 Å². The largest absolute Gasteiger partial charge is 0.490 e. The summed E-state index contributed by atoms with van der Waals surface area (Å²) in [7, 11) is 1.49. The van der Waals surface area contributed by atoms with Gasteiger partial charge in [0.25, 0.3) is 5.91 Å². The van der Waals surface area contributed by atoms with E-state index in [1.54, 1.807) is 41.3 Å². The number of rotatable bonds is 7. The number of aromatic nitrogens is 1. The highest BCUT2D eigenvalue weighted by Gasteiger charge is 2.41. The van der Waals surface area contributed by atoms with Crippen LogP contribution in [0.25, 0.3) is 0 Å². The Morgan fingerprint density at radius 3 is 2.83 bits per heavy atom. The zero-order valence-electron chi connectivity index (χ0n) is 16.9. The molecule has 30 heavy (non-hydrogen) atoms. The minimum atomic E-state index is -1.06. The number of morpholine rings is 1. The molecule has 0 unspecified atom stereocenters. The molecule has 0 spiro atoms. The molecule has 8 nitrogen and oxygen atoms in total. The fourth-order valence-corrected chi connectivity index (χ4v) is 3.43. The van der Waals surface area contributed by atoms with Crippen LogP contribution >= 0.6 is 11.6 Å². The van der Waals surface area contributed by atoms with Gasteiger partial charge in [0.05, 0.1) is 26.7 Å². The first-order chi connectivity index (χ1) is 14.3. The molecule has 2 amide bonds. The second-order valence-electron chi connectivity index (χ2n) is 7.17. The van der Waals surface area contributed by atoms with Crippen molar-refractivity contribution >= 4 is 23.4 Å². The highest BCUT2D eigenvalue weighted by molar-refractivity contribution is 6.31. The van der Waals surface area contributed by atoms with Gasteiger partial charge in [-0.3, -0.25) is 9.59 Å². The summed E-state index contributed by atoms with van der Waals surface area (Å²) in [5.74, 6) is 0.106. The van der Waals surface area contributed by atoms with Crippen LogP contribution in [0.1, 0.15) is 22.5 Å². The lowest BCUT2D eigenvalue weighted by Crippen LogP contribution is -2.58. The van der Waals surface area contributed by atoms with E-state index < -0.39 is 11.5 Å². The van der Waals surface area contributed by atoms with Gasteiger partial charge in [-0.05, 0) is 36.8 Å². The third-order valence-corrected chi connectivity index (χ3v) is 5.24. The molecule has 0 aliphatic carbocycles. The van der Waals surface area contributed by atoms with E-state index in [4.69, 9.17) is 31.5 Å². The Labute approximate surface area is 179 Å². The Bertz CT molecular complexity index is 939. The second-order valence-corrected chi connectivity index (χ2v) is 7.57. The van der Waals surface area contributed by atoms with E-state index in [2.05, 4.69) is 4.98 Å². The van der Waals surface area contributed by atoms with E-state index in [1.807, 2.05) is 6.92 Å². The van der Waals surface area contributed by atoms with Crippen LogP contribution in [0.5, 0.6) is 11.6 Å². The number of aryl methyl sites for hydroxylation is 1. The third-order valence-electron chi connectivity index (χ3n) is 4.82. The number of carbonyl (C=O) groups excluding carboxylic acids is 2. The number of carbonyl (C=O) groups is 2. The van der Waals surface area contributed by atoms with Crippen LogP contribution < -0.4 is 15.2 Å². The smallest absolute Gasteiger partial charge is 0.272 e. The summed E-state index contributed by atoms with van der Waals surface area (Å²) in [5, 5.41) is 0.630. The number of benzene rings is 1. The van der Waals surface area contributed by atoms with Crippen molar-refractivity contribution in [2.75, 3.05) is 33.4 Å². The molecule has 1 aliphatic rings. The Kier molecular flexibility index (Phi) is 6.79. The van der Waals surface area contributed by atoms with Gasteiger partial charge < -0.3 is 24.8 Å². The fourth-order valence-electron chi connectivity index (χ4n) is 3.31. The van der Waals surface area contributed by atoms with Crippen LogP contribution in [-0.2, 0) is 9.53 Å². The molecule has 1 aliphatic heterocycles. The topological polar surface area (TPSA) is 104 Å². The highest BCUT2D eigenvalue weighted by atomic mass is 35.5. The van der Waals surface area contributed by atoms with Crippen molar-refractivity contribution < 1.29 is 23.8 Å². The van der Waals surface area contributed by atoms with Gasteiger partial charge in [-0.25, -0.2) is 4.98 Å². The third kappa shape index (κ3) is 5.20. The first kappa shape index (κ1) is 21.9. The average Bonchev–Trinajstić information content (AvgIpc) is 2.74. The van der Waals surface area contributed by atoms with E-state index in [1.165, 1.54) is 7.11 Å². The van der Waals surface area contributed by atoms with E-state index in [0.29, 0.717) is 23.2 Å². The number of methoxy groups -OCH3 is 1. The van der Waals surface area contributed by atoms with Crippen LogP contribution in [0, 0.1) is 6.92 Å². The molecule has 1 fully saturated rings. The summed E-state index contributed by atoms with van der Waals surface area (Å²) in [4.78, 5) is 30.5. The number of pyridine rings is 1. The molecular weight excluding hydrogens is 410 g/mol. The van der Waals surface area contributed by atoms with Crippen molar-refractivity contribution in [3.8, 4) is 11.6 Å². The summed E-state index contributed by atoms with van der Waals surface area (Å²) < 4.78 is 16.9. The maximum Gasteiger partial charge on any atom is 0.272 e. The number of halogens is 1.